The molecule has 0 aliphatic heterocycles. The fraction of sp³-hybridized carbons (Fsp3) is 0.231. The van der Waals surface area contributed by atoms with Gasteiger partial charge in [-0.25, -0.2) is 4.39 Å². The first-order valence-electron chi connectivity index (χ1n) is 5.25. The van der Waals surface area contributed by atoms with Crippen LogP contribution in [0.2, 0.25) is 0 Å². The highest BCUT2D eigenvalue weighted by molar-refractivity contribution is 5.20. The Morgan fingerprint density at radius 1 is 1.25 bits per heavy atom. The van der Waals surface area contributed by atoms with Crippen LogP contribution < -0.4 is 5.32 Å². The Balaban J connectivity index is 2.17. The summed E-state index contributed by atoms with van der Waals surface area (Å²) >= 11 is 0. The molecule has 1 aromatic heterocycles. The summed E-state index contributed by atoms with van der Waals surface area (Å²) in [6.45, 7) is 0. The first kappa shape index (κ1) is 10.9. The number of benzene rings is 1. The van der Waals surface area contributed by atoms with Crippen molar-refractivity contribution in [2.24, 2.45) is 0 Å². The average Bonchev–Trinajstić information content (AvgIpc) is 2.81. The zero-order valence-electron chi connectivity index (χ0n) is 9.11. The Morgan fingerprint density at radius 3 is 2.69 bits per heavy atom. The summed E-state index contributed by atoms with van der Waals surface area (Å²) in [7, 11) is 1.84. The van der Waals surface area contributed by atoms with E-state index in [1.807, 2.05) is 25.2 Å². The molecule has 84 valence electrons. The van der Waals surface area contributed by atoms with Crippen molar-refractivity contribution in [2.45, 2.75) is 12.5 Å². The third-order valence-electron chi connectivity index (χ3n) is 2.62. The fourth-order valence-electron chi connectivity index (χ4n) is 1.72. The number of hydrogen-bond donors (Lipinski definition) is 1. The van der Waals surface area contributed by atoms with Crippen molar-refractivity contribution < 1.29 is 8.81 Å². The Kier molecular flexibility index (Phi) is 3.37. The van der Waals surface area contributed by atoms with Crippen LogP contribution in [0.3, 0.4) is 0 Å². The number of furan rings is 1. The van der Waals surface area contributed by atoms with E-state index in [1.165, 1.54) is 6.07 Å². The molecular formula is C13H14FNO. The van der Waals surface area contributed by atoms with Gasteiger partial charge in [0.05, 0.1) is 12.3 Å². The van der Waals surface area contributed by atoms with Crippen molar-refractivity contribution in [2.75, 3.05) is 7.05 Å². The molecule has 0 fully saturated rings. The maximum absolute atomic E-state index is 13.5. The molecule has 2 rings (SSSR count). The Hall–Kier alpha value is -1.61. The van der Waals surface area contributed by atoms with Crippen molar-refractivity contribution >= 4 is 0 Å². The molecule has 1 N–H and O–H groups in total. The van der Waals surface area contributed by atoms with Crippen LogP contribution in [0.25, 0.3) is 0 Å². The predicted octanol–water partition coefficient (Wildman–Crippen LogP) is 2.92. The van der Waals surface area contributed by atoms with E-state index in [1.54, 1.807) is 18.4 Å². The summed E-state index contributed by atoms with van der Waals surface area (Å²) in [5, 5.41) is 3.12. The second kappa shape index (κ2) is 4.94. The molecule has 0 amide bonds. The number of nitrogens with one attached hydrogen (secondary N) is 1. The van der Waals surface area contributed by atoms with Crippen molar-refractivity contribution in [3.8, 4) is 0 Å². The molecule has 1 heterocycles. The molecular weight excluding hydrogens is 205 g/mol. The Labute approximate surface area is 94.1 Å². The van der Waals surface area contributed by atoms with E-state index >= 15 is 0 Å². The molecule has 2 nitrogen and oxygen atoms in total. The van der Waals surface area contributed by atoms with Crippen molar-refractivity contribution in [3.63, 3.8) is 0 Å². The molecule has 0 aliphatic rings. The van der Waals surface area contributed by atoms with Gasteiger partial charge in [0.15, 0.2) is 0 Å². The Bertz CT molecular complexity index is 439. The molecule has 1 aromatic carbocycles. The van der Waals surface area contributed by atoms with E-state index in [9.17, 15) is 4.39 Å². The first-order valence-corrected chi connectivity index (χ1v) is 5.25. The fourth-order valence-corrected chi connectivity index (χ4v) is 1.72. The summed E-state index contributed by atoms with van der Waals surface area (Å²) in [5.41, 5.74) is 0.693. The van der Waals surface area contributed by atoms with Crippen LogP contribution in [0.4, 0.5) is 4.39 Å². The zero-order chi connectivity index (χ0) is 11.4. The lowest BCUT2D eigenvalue weighted by Crippen LogP contribution is -2.18. The van der Waals surface area contributed by atoms with E-state index in [2.05, 4.69) is 5.32 Å². The van der Waals surface area contributed by atoms with E-state index < -0.39 is 0 Å². The van der Waals surface area contributed by atoms with Crippen LogP contribution in [0.1, 0.15) is 17.4 Å². The number of halogens is 1. The van der Waals surface area contributed by atoms with Gasteiger partial charge < -0.3 is 9.73 Å². The van der Waals surface area contributed by atoms with Gasteiger partial charge in [-0.1, -0.05) is 18.2 Å². The highest BCUT2D eigenvalue weighted by Crippen LogP contribution is 2.19. The average molecular weight is 219 g/mol. The van der Waals surface area contributed by atoms with Crippen LogP contribution >= 0.6 is 0 Å². The number of hydrogen-bond acceptors (Lipinski definition) is 2. The van der Waals surface area contributed by atoms with Gasteiger partial charge >= 0.3 is 0 Å². The molecule has 1 unspecified atom stereocenters. The molecule has 3 heteroatoms. The summed E-state index contributed by atoms with van der Waals surface area (Å²) < 4.78 is 18.8. The van der Waals surface area contributed by atoms with Gasteiger partial charge in [-0.2, -0.15) is 0 Å². The number of rotatable bonds is 4. The lowest BCUT2D eigenvalue weighted by molar-refractivity contribution is 0.425. The van der Waals surface area contributed by atoms with Crippen molar-refractivity contribution in [1.82, 2.24) is 5.32 Å². The Morgan fingerprint density at radius 2 is 2.06 bits per heavy atom. The highest BCUT2D eigenvalue weighted by Gasteiger charge is 2.14. The topological polar surface area (TPSA) is 25.2 Å². The van der Waals surface area contributed by atoms with Gasteiger partial charge in [0.25, 0.3) is 0 Å². The molecule has 0 saturated heterocycles. The van der Waals surface area contributed by atoms with Crippen molar-refractivity contribution in [1.29, 1.82) is 0 Å². The molecule has 0 spiro atoms. The highest BCUT2D eigenvalue weighted by atomic mass is 19.1. The molecule has 1 atom stereocenters. The second-order valence-corrected chi connectivity index (χ2v) is 3.65. The molecule has 0 saturated carbocycles. The third-order valence-corrected chi connectivity index (χ3v) is 2.62. The van der Waals surface area contributed by atoms with Crippen LogP contribution in [0, 0.1) is 5.82 Å². The predicted molar refractivity (Wildman–Crippen MR) is 60.6 cm³/mol. The van der Waals surface area contributed by atoms with Crippen LogP contribution in [0.5, 0.6) is 0 Å². The maximum atomic E-state index is 13.5. The summed E-state index contributed by atoms with van der Waals surface area (Å²) in [6, 6.07) is 10.5. The van der Waals surface area contributed by atoms with Crippen molar-refractivity contribution in [3.05, 3.63) is 59.8 Å². The lowest BCUT2D eigenvalue weighted by Gasteiger charge is -2.13. The third kappa shape index (κ3) is 2.31. The van der Waals surface area contributed by atoms with E-state index in [0.29, 0.717) is 12.0 Å². The van der Waals surface area contributed by atoms with Gasteiger partial charge in [0.1, 0.15) is 11.6 Å². The van der Waals surface area contributed by atoms with E-state index in [4.69, 9.17) is 4.42 Å². The standard InChI is InChI=1S/C13H14FNO/c1-15-12(13-7-4-8-16-13)9-10-5-2-3-6-11(10)14/h2-8,12,15H,9H2,1H3. The molecule has 2 aromatic rings. The summed E-state index contributed by atoms with van der Waals surface area (Å²) in [6.07, 6.45) is 2.21. The van der Waals surface area contributed by atoms with Gasteiger partial charge in [0, 0.05) is 0 Å². The summed E-state index contributed by atoms with van der Waals surface area (Å²) in [5.74, 6) is 0.653. The molecule has 0 radical (unpaired) electrons. The molecule has 0 aliphatic carbocycles. The van der Waals surface area contributed by atoms with E-state index in [-0.39, 0.29) is 11.9 Å². The molecule has 16 heavy (non-hydrogen) atoms. The smallest absolute Gasteiger partial charge is 0.126 e. The second-order valence-electron chi connectivity index (χ2n) is 3.65. The largest absolute Gasteiger partial charge is 0.468 e. The minimum Gasteiger partial charge on any atom is -0.468 e. The SMILES string of the molecule is CNC(Cc1ccccc1F)c1ccco1. The van der Waals surface area contributed by atoms with Crippen LogP contribution in [-0.4, -0.2) is 7.05 Å². The minimum atomic E-state index is -0.172. The summed E-state index contributed by atoms with van der Waals surface area (Å²) in [4.78, 5) is 0. The zero-order valence-corrected chi connectivity index (χ0v) is 9.11. The van der Waals surface area contributed by atoms with Crippen LogP contribution in [-0.2, 0) is 6.42 Å². The van der Waals surface area contributed by atoms with Gasteiger partial charge in [0.2, 0.25) is 0 Å². The normalized spacial score (nSPS) is 12.6. The lowest BCUT2D eigenvalue weighted by atomic mass is 10.0. The number of likely N-dealkylation sites (N-methyl/N-ethyl adjacent to an activating group) is 1. The molecule has 0 bridgehead atoms. The maximum Gasteiger partial charge on any atom is 0.126 e. The quantitative estimate of drug-likeness (QED) is 0.855. The van der Waals surface area contributed by atoms with E-state index in [0.717, 1.165) is 5.76 Å². The van der Waals surface area contributed by atoms with Crippen LogP contribution in [0.15, 0.2) is 47.1 Å². The van der Waals surface area contributed by atoms with Gasteiger partial charge in [-0.15, -0.1) is 0 Å². The van der Waals surface area contributed by atoms with Gasteiger partial charge in [-0.3, -0.25) is 0 Å². The monoisotopic (exact) mass is 219 g/mol. The van der Waals surface area contributed by atoms with Gasteiger partial charge in [-0.05, 0) is 37.2 Å². The first-order chi connectivity index (χ1) is 7.81. The minimum absolute atomic E-state index is 0.00639.